The maximum absolute atomic E-state index is 11.9. The molecule has 2 aliphatic heterocycles. The van der Waals surface area contributed by atoms with Crippen LogP contribution in [0, 0.1) is 0 Å². The van der Waals surface area contributed by atoms with E-state index in [1.807, 2.05) is 13.8 Å². The molecule has 4 amide bonds. The van der Waals surface area contributed by atoms with Crippen molar-refractivity contribution in [2.45, 2.75) is 78.3 Å². The molecule has 10 heteroatoms. The molecular formula is C28H44N2O8. The zero-order chi connectivity index (χ0) is 27.9. The summed E-state index contributed by atoms with van der Waals surface area (Å²) in [6, 6.07) is -0.542. The highest BCUT2D eigenvalue weighted by atomic mass is 16.5. The lowest BCUT2D eigenvalue weighted by molar-refractivity contribution is -0.142. The largest absolute Gasteiger partial charge is 0.381 e. The summed E-state index contributed by atoms with van der Waals surface area (Å²) >= 11 is 0. The summed E-state index contributed by atoms with van der Waals surface area (Å²) in [5, 5.41) is 0. The Bertz CT molecular complexity index is 799. The van der Waals surface area contributed by atoms with Crippen LogP contribution < -0.4 is 0 Å². The van der Waals surface area contributed by atoms with E-state index in [1.54, 1.807) is 13.8 Å². The minimum absolute atomic E-state index is 0.234. The lowest BCUT2D eigenvalue weighted by atomic mass is 10.3. The fraction of sp³-hybridized carbons (Fsp3) is 0.714. The van der Waals surface area contributed by atoms with Gasteiger partial charge in [0.25, 0.3) is 23.6 Å². The third-order valence-electron chi connectivity index (χ3n) is 6.35. The molecule has 0 aliphatic carbocycles. The summed E-state index contributed by atoms with van der Waals surface area (Å²) in [5.74, 6) is -0.997. The average Bonchev–Trinajstić information content (AvgIpc) is 3.28. The quantitative estimate of drug-likeness (QED) is 0.163. The molecule has 0 spiro atoms. The van der Waals surface area contributed by atoms with Crippen molar-refractivity contribution in [1.29, 1.82) is 0 Å². The fourth-order valence-corrected chi connectivity index (χ4v) is 4.13. The Balaban J connectivity index is 1.30. The van der Waals surface area contributed by atoms with Crippen LogP contribution in [0.15, 0.2) is 23.3 Å². The van der Waals surface area contributed by atoms with Crippen LogP contribution >= 0.6 is 0 Å². The molecule has 0 bridgehead atoms. The fourth-order valence-electron chi connectivity index (χ4n) is 4.13. The van der Waals surface area contributed by atoms with E-state index < -0.39 is 0 Å². The number of amides is 4. The van der Waals surface area contributed by atoms with E-state index in [0.29, 0.717) is 64.0 Å². The Labute approximate surface area is 226 Å². The van der Waals surface area contributed by atoms with Crippen LogP contribution in [0.1, 0.15) is 66.2 Å². The van der Waals surface area contributed by atoms with Crippen molar-refractivity contribution in [2.75, 3.05) is 52.9 Å². The van der Waals surface area contributed by atoms with Crippen LogP contribution in [-0.2, 0) is 38.1 Å². The second kappa shape index (κ2) is 17.2. The maximum atomic E-state index is 11.9. The molecule has 2 heterocycles. The number of imide groups is 2. The van der Waals surface area contributed by atoms with Gasteiger partial charge in [-0.1, -0.05) is 0 Å². The van der Waals surface area contributed by atoms with Gasteiger partial charge in [0.05, 0.1) is 25.3 Å². The molecule has 0 radical (unpaired) electrons. The predicted octanol–water partition coefficient (Wildman–Crippen LogP) is 2.80. The van der Waals surface area contributed by atoms with E-state index in [1.165, 1.54) is 22.0 Å². The maximum Gasteiger partial charge on any atom is 0.256 e. The van der Waals surface area contributed by atoms with Crippen molar-refractivity contribution < 1.29 is 38.1 Å². The highest BCUT2D eigenvalue weighted by molar-refractivity contribution is 6.16. The Morgan fingerprint density at radius 1 is 0.553 bits per heavy atom. The number of rotatable bonds is 21. The van der Waals surface area contributed by atoms with E-state index in [9.17, 15) is 19.2 Å². The normalized spacial score (nSPS) is 17.5. The van der Waals surface area contributed by atoms with Gasteiger partial charge in [0, 0.05) is 62.9 Å². The first kappa shape index (κ1) is 31.8. The molecule has 0 N–H and O–H groups in total. The summed E-state index contributed by atoms with van der Waals surface area (Å²) in [4.78, 5) is 50.0. The molecule has 38 heavy (non-hydrogen) atoms. The zero-order valence-corrected chi connectivity index (χ0v) is 23.4. The van der Waals surface area contributed by atoms with Gasteiger partial charge in [-0.3, -0.25) is 29.0 Å². The minimum atomic E-state index is -0.271. The van der Waals surface area contributed by atoms with Gasteiger partial charge >= 0.3 is 0 Å². The summed E-state index contributed by atoms with van der Waals surface area (Å²) < 4.78 is 22.5. The zero-order valence-electron chi connectivity index (χ0n) is 23.4. The molecule has 0 aromatic heterocycles. The topological polar surface area (TPSA) is 112 Å². The van der Waals surface area contributed by atoms with Crippen molar-refractivity contribution in [3.05, 3.63) is 23.3 Å². The van der Waals surface area contributed by atoms with Crippen LogP contribution in [0.2, 0.25) is 0 Å². The molecule has 0 saturated heterocycles. The number of hydrogen-bond donors (Lipinski definition) is 0. The molecule has 0 aromatic carbocycles. The lowest BCUT2D eigenvalue weighted by Crippen LogP contribution is -2.41. The second-order valence-electron chi connectivity index (χ2n) is 9.88. The Hall–Kier alpha value is -2.40. The smallest absolute Gasteiger partial charge is 0.256 e. The van der Waals surface area contributed by atoms with Gasteiger partial charge in [0.1, 0.15) is 0 Å². The molecule has 2 atom stereocenters. The van der Waals surface area contributed by atoms with Crippen LogP contribution in [0.4, 0.5) is 0 Å². The summed E-state index contributed by atoms with van der Waals surface area (Å²) in [7, 11) is 0. The van der Waals surface area contributed by atoms with Gasteiger partial charge < -0.3 is 18.9 Å². The van der Waals surface area contributed by atoms with Crippen LogP contribution in [-0.4, -0.2) is 98.4 Å². The average molecular weight is 537 g/mol. The highest BCUT2D eigenvalue weighted by Crippen LogP contribution is 2.16. The molecule has 2 unspecified atom stereocenters. The first-order chi connectivity index (χ1) is 18.2. The van der Waals surface area contributed by atoms with Gasteiger partial charge in [-0.2, -0.15) is 0 Å². The van der Waals surface area contributed by atoms with Crippen molar-refractivity contribution in [3.8, 4) is 0 Å². The summed E-state index contributed by atoms with van der Waals surface area (Å²) in [5.41, 5.74) is 0.945. The SMILES string of the molecule is CC1=CC(=O)N(C(C)COCCCCOCCCCOCCCCOCC(C)N2C(=O)C=C(C)C2=O)C1=O. The van der Waals surface area contributed by atoms with Gasteiger partial charge in [0.2, 0.25) is 0 Å². The first-order valence-electron chi connectivity index (χ1n) is 13.7. The molecule has 214 valence electrons. The predicted molar refractivity (Wildman–Crippen MR) is 141 cm³/mol. The first-order valence-corrected chi connectivity index (χ1v) is 13.7. The number of nitrogens with zero attached hydrogens (tertiary/aromatic N) is 2. The van der Waals surface area contributed by atoms with Crippen molar-refractivity contribution in [3.63, 3.8) is 0 Å². The number of unbranched alkanes of at least 4 members (excludes halogenated alkanes) is 3. The third-order valence-corrected chi connectivity index (χ3v) is 6.35. The standard InChI is InChI=1S/C28H44N2O8/c1-21-17-25(31)29(27(21)33)23(3)19-37-15-9-7-13-35-11-5-6-12-36-14-8-10-16-38-20-24(4)30-26(32)18-22(2)28(30)34/h17-18,23-24H,5-16,19-20H2,1-4H3. The summed E-state index contributed by atoms with van der Waals surface area (Å²) in [6.07, 6.45) is 8.16. The van der Waals surface area contributed by atoms with Crippen molar-refractivity contribution >= 4 is 23.6 Å². The van der Waals surface area contributed by atoms with Gasteiger partial charge in [-0.25, -0.2) is 0 Å². The van der Waals surface area contributed by atoms with Crippen LogP contribution in [0.5, 0.6) is 0 Å². The Morgan fingerprint density at radius 3 is 1.11 bits per heavy atom. The van der Waals surface area contributed by atoms with Crippen LogP contribution in [0.25, 0.3) is 0 Å². The number of carbonyl (C=O) groups is 4. The number of hydrogen-bond acceptors (Lipinski definition) is 8. The van der Waals surface area contributed by atoms with Crippen molar-refractivity contribution in [2.24, 2.45) is 0 Å². The second-order valence-corrected chi connectivity index (χ2v) is 9.88. The van der Waals surface area contributed by atoms with E-state index >= 15 is 0 Å². The molecule has 0 fully saturated rings. The minimum Gasteiger partial charge on any atom is -0.381 e. The molecular weight excluding hydrogens is 492 g/mol. The highest BCUT2D eigenvalue weighted by Gasteiger charge is 2.33. The molecule has 10 nitrogen and oxygen atoms in total. The third kappa shape index (κ3) is 10.4. The Kier molecular flexibility index (Phi) is 14.4. The van der Waals surface area contributed by atoms with Crippen LogP contribution in [0.3, 0.4) is 0 Å². The summed E-state index contributed by atoms with van der Waals surface area (Å²) in [6.45, 7) is 11.5. The molecule has 0 saturated carbocycles. The number of ether oxygens (including phenoxy) is 4. The van der Waals surface area contributed by atoms with Gasteiger partial charge in [-0.05, 0) is 66.2 Å². The lowest BCUT2D eigenvalue weighted by Gasteiger charge is -2.22. The number of carbonyl (C=O) groups excluding carboxylic acids is 4. The van der Waals surface area contributed by atoms with E-state index in [0.717, 1.165) is 38.5 Å². The van der Waals surface area contributed by atoms with Gasteiger partial charge in [0.15, 0.2) is 0 Å². The molecule has 2 aliphatic rings. The van der Waals surface area contributed by atoms with E-state index in [4.69, 9.17) is 18.9 Å². The van der Waals surface area contributed by atoms with Gasteiger partial charge in [-0.15, -0.1) is 0 Å². The van der Waals surface area contributed by atoms with Crippen molar-refractivity contribution in [1.82, 2.24) is 9.80 Å². The molecule has 0 aromatic rings. The monoisotopic (exact) mass is 536 g/mol. The molecule has 2 rings (SSSR count). The Morgan fingerprint density at radius 2 is 0.842 bits per heavy atom. The van der Waals surface area contributed by atoms with E-state index in [-0.39, 0.29) is 35.7 Å². The van der Waals surface area contributed by atoms with E-state index in [2.05, 4.69) is 0 Å².